The Bertz CT molecular complexity index is 570. The van der Waals surface area contributed by atoms with Crippen LogP contribution in [0.25, 0.3) is 0 Å². The molecule has 4 nitrogen and oxygen atoms in total. The Morgan fingerprint density at radius 3 is 2.86 bits per heavy atom. The van der Waals surface area contributed by atoms with Crippen LogP contribution in [0.5, 0.6) is 0 Å². The molecule has 2 unspecified atom stereocenters. The Hall–Kier alpha value is -1.84. The maximum Gasteiger partial charge on any atom is 0.230 e. The fourth-order valence-corrected chi connectivity index (χ4v) is 3.24. The molecule has 0 radical (unpaired) electrons. The van der Waals surface area contributed by atoms with Crippen molar-refractivity contribution < 1.29 is 9.59 Å². The molecule has 0 saturated heterocycles. The topological polar surface area (TPSA) is 49.4 Å². The molecule has 1 N–H and O–H groups in total. The predicted molar refractivity (Wildman–Crippen MR) is 86.6 cm³/mol. The van der Waals surface area contributed by atoms with Crippen LogP contribution in [0.4, 0.5) is 5.69 Å². The van der Waals surface area contributed by atoms with Gasteiger partial charge in [0.1, 0.15) is 0 Å². The molecule has 3 rings (SSSR count). The fourth-order valence-electron chi connectivity index (χ4n) is 3.24. The number of nitrogens with one attached hydrogen (secondary N) is 1. The van der Waals surface area contributed by atoms with Gasteiger partial charge in [0.05, 0.1) is 11.8 Å². The molecule has 1 aromatic carbocycles. The van der Waals surface area contributed by atoms with E-state index in [1.165, 1.54) is 5.56 Å². The van der Waals surface area contributed by atoms with E-state index in [-0.39, 0.29) is 23.7 Å². The van der Waals surface area contributed by atoms with E-state index in [9.17, 15) is 9.59 Å². The third kappa shape index (κ3) is 3.01. The summed E-state index contributed by atoms with van der Waals surface area (Å²) in [5, 5.41) is 2.96. The Morgan fingerprint density at radius 2 is 2.05 bits per heavy atom. The minimum absolute atomic E-state index is 0.0573. The summed E-state index contributed by atoms with van der Waals surface area (Å²) in [5.74, 6) is -0.0418. The standard InChI is InChI=1S/C18H24N2O2/c1-2-3-6-10-19-17(21)14-12-15(14)18(22)20-11-9-13-7-4-5-8-16(13)20/h4-5,7-8,14-15H,2-3,6,9-12H2,1H3,(H,19,21). The van der Waals surface area contributed by atoms with Crippen molar-refractivity contribution in [3.63, 3.8) is 0 Å². The highest BCUT2D eigenvalue weighted by atomic mass is 16.2. The lowest BCUT2D eigenvalue weighted by Gasteiger charge is -2.17. The maximum atomic E-state index is 12.6. The molecule has 2 aliphatic rings. The molecule has 1 fully saturated rings. The van der Waals surface area contributed by atoms with Crippen LogP contribution in [0, 0.1) is 11.8 Å². The highest BCUT2D eigenvalue weighted by Gasteiger charge is 2.50. The number of fused-ring (bicyclic) bond motifs is 1. The van der Waals surface area contributed by atoms with E-state index < -0.39 is 0 Å². The Kier molecular flexibility index (Phi) is 4.46. The number of amides is 2. The van der Waals surface area contributed by atoms with Crippen LogP contribution >= 0.6 is 0 Å². The molecule has 1 aliphatic carbocycles. The van der Waals surface area contributed by atoms with Crippen molar-refractivity contribution in [2.24, 2.45) is 11.8 Å². The van der Waals surface area contributed by atoms with E-state index >= 15 is 0 Å². The molecule has 2 amide bonds. The summed E-state index contributed by atoms with van der Waals surface area (Å²) in [7, 11) is 0. The fraction of sp³-hybridized carbons (Fsp3) is 0.556. The first-order valence-electron chi connectivity index (χ1n) is 8.39. The maximum absolute atomic E-state index is 12.6. The van der Waals surface area contributed by atoms with Crippen molar-refractivity contribution >= 4 is 17.5 Å². The molecule has 2 atom stereocenters. The van der Waals surface area contributed by atoms with Gasteiger partial charge in [0.2, 0.25) is 11.8 Å². The summed E-state index contributed by atoms with van der Waals surface area (Å²) in [6, 6.07) is 8.06. The molecule has 0 bridgehead atoms. The van der Waals surface area contributed by atoms with E-state index in [1.807, 2.05) is 23.1 Å². The monoisotopic (exact) mass is 300 g/mol. The van der Waals surface area contributed by atoms with Crippen molar-refractivity contribution in [1.82, 2.24) is 5.32 Å². The van der Waals surface area contributed by atoms with Crippen molar-refractivity contribution in [1.29, 1.82) is 0 Å². The number of anilines is 1. The van der Waals surface area contributed by atoms with Gasteiger partial charge in [-0.3, -0.25) is 9.59 Å². The van der Waals surface area contributed by atoms with Gasteiger partial charge in [0, 0.05) is 18.8 Å². The lowest BCUT2D eigenvalue weighted by molar-refractivity contribution is -0.126. The highest BCUT2D eigenvalue weighted by Crippen LogP contribution is 2.42. The van der Waals surface area contributed by atoms with E-state index in [4.69, 9.17) is 0 Å². The summed E-state index contributed by atoms with van der Waals surface area (Å²) >= 11 is 0. The second-order valence-corrected chi connectivity index (χ2v) is 6.32. The van der Waals surface area contributed by atoms with Crippen LogP contribution in [0.3, 0.4) is 0 Å². The normalized spacial score (nSPS) is 22.3. The summed E-state index contributed by atoms with van der Waals surface area (Å²) < 4.78 is 0. The number of benzene rings is 1. The average molecular weight is 300 g/mol. The molecule has 4 heteroatoms. The van der Waals surface area contributed by atoms with Crippen LogP contribution in [0.2, 0.25) is 0 Å². The van der Waals surface area contributed by atoms with Gasteiger partial charge in [-0.15, -0.1) is 0 Å². The second-order valence-electron chi connectivity index (χ2n) is 6.32. The molecule has 22 heavy (non-hydrogen) atoms. The molecule has 118 valence electrons. The minimum Gasteiger partial charge on any atom is -0.356 e. The Labute approximate surface area is 131 Å². The third-order valence-electron chi connectivity index (χ3n) is 4.68. The van der Waals surface area contributed by atoms with Crippen LogP contribution in [0.1, 0.15) is 38.2 Å². The van der Waals surface area contributed by atoms with Gasteiger partial charge in [-0.05, 0) is 30.9 Å². The predicted octanol–water partition coefficient (Wildman–Crippen LogP) is 2.52. The smallest absolute Gasteiger partial charge is 0.230 e. The molecule has 1 heterocycles. The first-order chi connectivity index (χ1) is 10.7. The summed E-state index contributed by atoms with van der Waals surface area (Å²) in [6.45, 7) is 3.63. The second kappa shape index (κ2) is 6.51. The molecular formula is C18H24N2O2. The van der Waals surface area contributed by atoms with E-state index in [2.05, 4.69) is 18.3 Å². The summed E-state index contributed by atoms with van der Waals surface area (Å²) in [6.07, 6.45) is 4.93. The highest BCUT2D eigenvalue weighted by molar-refractivity contribution is 6.02. The minimum atomic E-state index is -0.114. The lowest BCUT2D eigenvalue weighted by Crippen LogP contribution is -2.33. The van der Waals surface area contributed by atoms with Crippen LogP contribution in [-0.4, -0.2) is 24.9 Å². The first-order valence-corrected chi connectivity index (χ1v) is 8.39. The first kappa shape index (κ1) is 15.1. The van der Waals surface area contributed by atoms with E-state index in [0.717, 1.165) is 44.5 Å². The molecule has 1 aliphatic heterocycles. The van der Waals surface area contributed by atoms with Crippen molar-refractivity contribution in [2.45, 2.75) is 39.0 Å². The SMILES string of the molecule is CCCCCNC(=O)C1CC1C(=O)N1CCc2ccccc21. The van der Waals surface area contributed by atoms with Crippen molar-refractivity contribution in [2.75, 3.05) is 18.0 Å². The number of para-hydroxylation sites is 1. The van der Waals surface area contributed by atoms with Gasteiger partial charge in [-0.25, -0.2) is 0 Å². The Balaban J connectivity index is 1.52. The molecule has 1 aromatic rings. The number of rotatable bonds is 6. The average Bonchev–Trinajstić information content (AvgIpc) is 3.23. The van der Waals surface area contributed by atoms with Crippen LogP contribution in [0.15, 0.2) is 24.3 Å². The number of hydrogen-bond donors (Lipinski definition) is 1. The molecule has 0 spiro atoms. The zero-order valence-electron chi connectivity index (χ0n) is 13.2. The number of carbonyl (C=O) groups excluding carboxylic acids is 2. The molecule has 0 aromatic heterocycles. The molecular weight excluding hydrogens is 276 g/mol. The van der Waals surface area contributed by atoms with Gasteiger partial charge >= 0.3 is 0 Å². The van der Waals surface area contributed by atoms with Gasteiger partial charge in [0.15, 0.2) is 0 Å². The van der Waals surface area contributed by atoms with Crippen LogP contribution < -0.4 is 10.2 Å². The zero-order chi connectivity index (χ0) is 15.5. The van der Waals surface area contributed by atoms with Gasteiger partial charge in [0.25, 0.3) is 0 Å². The third-order valence-corrected chi connectivity index (χ3v) is 4.68. The van der Waals surface area contributed by atoms with Gasteiger partial charge in [-0.2, -0.15) is 0 Å². The quantitative estimate of drug-likeness (QED) is 0.821. The Morgan fingerprint density at radius 1 is 1.23 bits per heavy atom. The van der Waals surface area contributed by atoms with Gasteiger partial charge < -0.3 is 10.2 Å². The summed E-state index contributed by atoms with van der Waals surface area (Å²) in [4.78, 5) is 26.5. The van der Waals surface area contributed by atoms with Crippen LogP contribution in [-0.2, 0) is 16.0 Å². The van der Waals surface area contributed by atoms with E-state index in [1.54, 1.807) is 0 Å². The van der Waals surface area contributed by atoms with E-state index in [0.29, 0.717) is 6.42 Å². The lowest BCUT2D eigenvalue weighted by atomic mass is 10.2. The van der Waals surface area contributed by atoms with Gasteiger partial charge in [-0.1, -0.05) is 38.0 Å². The number of nitrogens with zero attached hydrogens (tertiary/aromatic N) is 1. The zero-order valence-corrected chi connectivity index (χ0v) is 13.2. The number of hydrogen-bond acceptors (Lipinski definition) is 2. The van der Waals surface area contributed by atoms with Crippen molar-refractivity contribution in [3.05, 3.63) is 29.8 Å². The van der Waals surface area contributed by atoms with Crippen molar-refractivity contribution in [3.8, 4) is 0 Å². The largest absolute Gasteiger partial charge is 0.356 e. The molecule has 1 saturated carbocycles. The number of unbranched alkanes of at least 4 members (excludes halogenated alkanes) is 2. The summed E-state index contributed by atoms with van der Waals surface area (Å²) in [5.41, 5.74) is 2.26. The number of carbonyl (C=O) groups is 2.